The van der Waals surface area contributed by atoms with E-state index >= 15 is 0 Å². The predicted molar refractivity (Wildman–Crippen MR) is 57.3 cm³/mol. The largest absolute Gasteiger partial charge is 0.360 e. The molecule has 2 aliphatic carbocycles. The van der Waals surface area contributed by atoms with E-state index in [1.54, 1.807) is 6.33 Å². The lowest BCUT2D eigenvalue weighted by Crippen LogP contribution is -2.18. The van der Waals surface area contributed by atoms with Gasteiger partial charge in [0.25, 0.3) is 0 Å². The first-order valence-corrected chi connectivity index (χ1v) is 6.21. The molecular formula is C10H15N3S. The summed E-state index contributed by atoms with van der Waals surface area (Å²) in [5.74, 6) is 2.95. The van der Waals surface area contributed by atoms with Gasteiger partial charge in [0, 0.05) is 18.1 Å². The van der Waals surface area contributed by atoms with E-state index in [1.165, 1.54) is 37.2 Å². The third-order valence-electron chi connectivity index (χ3n) is 3.31. The van der Waals surface area contributed by atoms with Gasteiger partial charge in [-0.15, -0.1) is 0 Å². The third-order valence-corrected chi connectivity index (χ3v) is 3.93. The van der Waals surface area contributed by atoms with E-state index in [0.29, 0.717) is 0 Å². The summed E-state index contributed by atoms with van der Waals surface area (Å²) in [5, 5.41) is 4.40. The summed E-state index contributed by atoms with van der Waals surface area (Å²) in [7, 11) is 0. The van der Waals surface area contributed by atoms with Crippen LogP contribution in [0.3, 0.4) is 0 Å². The number of nitrogens with zero attached hydrogens (tertiary/aromatic N) is 2. The molecule has 3 rings (SSSR count). The molecular weight excluding hydrogens is 194 g/mol. The highest BCUT2D eigenvalue weighted by Crippen LogP contribution is 2.49. The summed E-state index contributed by atoms with van der Waals surface area (Å²) in [6, 6.07) is 0. The summed E-state index contributed by atoms with van der Waals surface area (Å²) in [6.07, 6.45) is 7.45. The maximum absolute atomic E-state index is 4.14. The third kappa shape index (κ3) is 1.90. The van der Waals surface area contributed by atoms with E-state index in [9.17, 15) is 0 Å². The van der Waals surface area contributed by atoms with Crippen molar-refractivity contribution < 1.29 is 0 Å². The van der Waals surface area contributed by atoms with Crippen molar-refractivity contribution in [1.82, 2.24) is 9.36 Å². The smallest absolute Gasteiger partial charge is 0.202 e. The van der Waals surface area contributed by atoms with Crippen molar-refractivity contribution in [2.24, 2.45) is 17.8 Å². The van der Waals surface area contributed by atoms with Crippen LogP contribution in [0.1, 0.15) is 25.7 Å². The highest BCUT2D eigenvalue weighted by molar-refractivity contribution is 7.09. The van der Waals surface area contributed by atoms with Crippen LogP contribution >= 0.6 is 11.5 Å². The Kier molecular flexibility index (Phi) is 2.16. The van der Waals surface area contributed by atoms with Crippen LogP contribution in [0.5, 0.6) is 0 Å². The minimum atomic E-state index is 0.916. The van der Waals surface area contributed by atoms with E-state index in [2.05, 4.69) is 14.7 Å². The topological polar surface area (TPSA) is 37.8 Å². The summed E-state index contributed by atoms with van der Waals surface area (Å²) >= 11 is 1.46. The van der Waals surface area contributed by atoms with Crippen molar-refractivity contribution in [2.45, 2.75) is 25.7 Å². The van der Waals surface area contributed by atoms with Gasteiger partial charge in [0.05, 0.1) is 0 Å². The fourth-order valence-electron chi connectivity index (χ4n) is 2.22. The van der Waals surface area contributed by atoms with Crippen molar-refractivity contribution >= 4 is 16.7 Å². The number of nitrogens with one attached hydrogen (secondary N) is 1. The molecule has 4 heteroatoms. The molecule has 0 saturated heterocycles. The first-order valence-electron chi connectivity index (χ1n) is 5.44. The second kappa shape index (κ2) is 3.50. The lowest BCUT2D eigenvalue weighted by molar-refractivity contribution is 0.428. The number of hydrogen-bond donors (Lipinski definition) is 1. The second-order valence-electron chi connectivity index (χ2n) is 4.47. The van der Waals surface area contributed by atoms with Crippen molar-refractivity contribution in [3.8, 4) is 0 Å². The molecule has 0 bridgehead atoms. The Hall–Kier alpha value is -0.640. The van der Waals surface area contributed by atoms with Crippen LogP contribution < -0.4 is 5.32 Å². The van der Waals surface area contributed by atoms with Gasteiger partial charge in [-0.2, -0.15) is 4.37 Å². The second-order valence-corrected chi connectivity index (χ2v) is 5.25. The Balaban J connectivity index is 1.54. The zero-order chi connectivity index (χ0) is 9.38. The van der Waals surface area contributed by atoms with Crippen molar-refractivity contribution in [1.29, 1.82) is 0 Å². The molecule has 0 amide bonds. The maximum Gasteiger partial charge on any atom is 0.202 e. The van der Waals surface area contributed by atoms with E-state index in [4.69, 9.17) is 0 Å². The Bertz CT molecular complexity index is 278. The van der Waals surface area contributed by atoms with Gasteiger partial charge >= 0.3 is 0 Å². The first-order chi connectivity index (χ1) is 6.93. The summed E-state index contributed by atoms with van der Waals surface area (Å²) < 4.78 is 3.99. The lowest BCUT2D eigenvalue weighted by atomic mass is 9.98. The predicted octanol–water partition coefficient (Wildman–Crippen LogP) is 2.39. The molecule has 2 aliphatic rings. The number of hydrogen-bond acceptors (Lipinski definition) is 4. The zero-order valence-electron chi connectivity index (χ0n) is 8.15. The van der Waals surface area contributed by atoms with Gasteiger partial charge in [-0.05, 0) is 43.4 Å². The van der Waals surface area contributed by atoms with Crippen LogP contribution in [0.25, 0.3) is 0 Å². The van der Waals surface area contributed by atoms with E-state index in [0.717, 1.165) is 29.4 Å². The minimum absolute atomic E-state index is 0.916. The molecule has 1 aromatic rings. The molecule has 0 spiro atoms. The van der Waals surface area contributed by atoms with Crippen LogP contribution in [0.15, 0.2) is 6.33 Å². The monoisotopic (exact) mass is 209 g/mol. The van der Waals surface area contributed by atoms with Gasteiger partial charge in [0.2, 0.25) is 5.13 Å². The molecule has 76 valence electrons. The molecule has 2 fully saturated rings. The fourth-order valence-corrected chi connectivity index (χ4v) is 2.66. The van der Waals surface area contributed by atoms with Crippen LogP contribution in [-0.2, 0) is 0 Å². The molecule has 1 N–H and O–H groups in total. The molecule has 14 heavy (non-hydrogen) atoms. The molecule has 0 aliphatic heterocycles. The molecule has 0 unspecified atom stereocenters. The van der Waals surface area contributed by atoms with Crippen molar-refractivity contribution in [3.05, 3.63) is 6.33 Å². The average molecular weight is 209 g/mol. The van der Waals surface area contributed by atoms with E-state index < -0.39 is 0 Å². The average Bonchev–Trinajstić information content (AvgIpc) is 3.09. The van der Waals surface area contributed by atoms with Crippen LogP contribution in [0.2, 0.25) is 0 Å². The molecule has 1 aromatic heterocycles. The highest BCUT2D eigenvalue weighted by Gasteiger charge is 2.41. The normalized spacial score (nSPS) is 21.5. The van der Waals surface area contributed by atoms with Gasteiger partial charge in [-0.3, -0.25) is 0 Å². The molecule has 2 saturated carbocycles. The van der Waals surface area contributed by atoms with Gasteiger partial charge in [0.15, 0.2) is 0 Å². The quantitative estimate of drug-likeness (QED) is 0.809. The van der Waals surface area contributed by atoms with Crippen LogP contribution in [-0.4, -0.2) is 15.9 Å². The first kappa shape index (κ1) is 8.65. The summed E-state index contributed by atoms with van der Waals surface area (Å²) in [4.78, 5) is 4.14. The van der Waals surface area contributed by atoms with E-state index in [-0.39, 0.29) is 0 Å². The van der Waals surface area contributed by atoms with Crippen molar-refractivity contribution in [3.63, 3.8) is 0 Å². The van der Waals surface area contributed by atoms with Gasteiger partial charge in [-0.25, -0.2) is 4.98 Å². The molecule has 0 atom stereocenters. The van der Waals surface area contributed by atoms with Crippen LogP contribution in [0.4, 0.5) is 5.13 Å². The summed E-state index contributed by atoms with van der Waals surface area (Å²) in [5.41, 5.74) is 0. The lowest BCUT2D eigenvalue weighted by Gasteiger charge is -2.15. The minimum Gasteiger partial charge on any atom is -0.360 e. The van der Waals surface area contributed by atoms with Gasteiger partial charge in [-0.1, -0.05) is 0 Å². The Morgan fingerprint density at radius 1 is 1.36 bits per heavy atom. The number of rotatable bonds is 5. The highest BCUT2D eigenvalue weighted by atomic mass is 32.1. The zero-order valence-corrected chi connectivity index (χ0v) is 8.96. The summed E-state index contributed by atoms with van der Waals surface area (Å²) in [6.45, 7) is 1.12. The molecule has 0 aromatic carbocycles. The molecule has 3 nitrogen and oxygen atoms in total. The van der Waals surface area contributed by atoms with Crippen molar-refractivity contribution in [2.75, 3.05) is 11.9 Å². The Morgan fingerprint density at radius 3 is 2.57 bits per heavy atom. The molecule has 1 heterocycles. The van der Waals surface area contributed by atoms with E-state index in [1.807, 2.05) is 0 Å². The van der Waals surface area contributed by atoms with Gasteiger partial charge in [0.1, 0.15) is 6.33 Å². The van der Waals surface area contributed by atoms with Gasteiger partial charge < -0.3 is 5.32 Å². The maximum atomic E-state index is 4.14. The number of aromatic nitrogens is 2. The van der Waals surface area contributed by atoms with Crippen LogP contribution in [0, 0.1) is 17.8 Å². The molecule has 0 radical (unpaired) electrons. The SMILES string of the molecule is c1nsc(NCC(C2CC2)C2CC2)n1. The fraction of sp³-hybridized carbons (Fsp3) is 0.800. The number of anilines is 1. The standard InChI is InChI=1S/C10H15N3S/c1-2-7(1)9(8-3-4-8)5-11-10-12-6-13-14-10/h6-9H,1-5H2,(H,11,12,13). The Morgan fingerprint density at radius 2 is 2.07 bits per heavy atom. The Labute approximate surface area is 88.1 Å².